The van der Waals surface area contributed by atoms with Crippen LogP contribution in [-0.2, 0) is 0 Å². The first-order valence-electron chi connectivity index (χ1n) is 19.9. The molecule has 0 atom stereocenters. The minimum atomic E-state index is -0.696. The lowest BCUT2D eigenvalue weighted by molar-refractivity contribution is 1.60. The Morgan fingerprint density at radius 3 is 1.19 bits per heavy atom. The Hall–Kier alpha value is -7.06. The molecule has 0 radical (unpaired) electrons. The van der Waals surface area contributed by atoms with Crippen LogP contribution in [0, 0.1) is 0 Å². The van der Waals surface area contributed by atoms with Crippen molar-refractivity contribution >= 4 is 73.8 Å². The Kier molecular flexibility index (Phi) is 8.12. The van der Waals surface area contributed by atoms with Gasteiger partial charge in [0.25, 0.3) is 0 Å². The van der Waals surface area contributed by atoms with Crippen LogP contribution in [0.15, 0.2) is 218 Å². The molecule has 1 heteroatoms. The first-order chi connectivity index (χ1) is 28.2. The maximum atomic E-state index is 2.52. The van der Waals surface area contributed by atoms with E-state index in [9.17, 15) is 0 Å². The Morgan fingerprint density at radius 2 is 0.632 bits per heavy atom. The molecule has 11 aromatic rings. The SMILES string of the molecule is c1ccc([SiH2]c2ccc3c(-c4cc(-c5ccc6ccccc6c5)cc(-c5ccc6ccccc6c5)c4)c4ccccc4c(-c4ccc5ccccc5c4)c3c2)cc1. The largest absolute Gasteiger partial charge is 0.0875 e. The Labute approximate surface area is 335 Å². The summed E-state index contributed by atoms with van der Waals surface area (Å²) in [4.78, 5) is 0. The molecule has 0 nitrogen and oxygen atoms in total. The van der Waals surface area contributed by atoms with Gasteiger partial charge in [0.05, 0.1) is 9.52 Å². The van der Waals surface area contributed by atoms with Crippen molar-refractivity contribution < 1.29 is 0 Å². The quantitative estimate of drug-likeness (QED) is 0.118. The zero-order chi connectivity index (χ0) is 37.7. The predicted octanol–water partition coefficient (Wildman–Crippen LogP) is 13.2. The van der Waals surface area contributed by atoms with Crippen LogP contribution in [0.4, 0.5) is 0 Å². The molecule has 0 aliphatic carbocycles. The highest BCUT2D eigenvalue weighted by Crippen LogP contribution is 2.46. The molecular formula is C56H38Si. The number of benzene rings is 11. The zero-order valence-electron chi connectivity index (χ0n) is 31.5. The van der Waals surface area contributed by atoms with Gasteiger partial charge < -0.3 is 0 Å². The van der Waals surface area contributed by atoms with Crippen molar-refractivity contribution in [3.05, 3.63) is 218 Å². The molecule has 11 rings (SSSR count). The molecule has 0 N–H and O–H groups in total. The van der Waals surface area contributed by atoms with Crippen LogP contribution in [-0.4, -0.2) is 9.52 Å². The lowest BCUT2D eigenvalue weighted by Crippen LogP contribution is -2.26. The maximum absolute atomic E-state index is 2.52. The highest BCUT2D eigenvalue weighted by Gasteiger charge is 2.19. The average Bonchev–Trinajstić information content (AvgIpc) is 3.28. The van der Waals surface area contributed by atoms with E-state index in [0.717, 1.165) is 0 Å². The molecule has 266 valence electrons. The van der Waals surface area contributed by atoms with Crippen molar-refractivity contribution in [3.8, 4) is 44.5 Å². The van der Waals surface area contributed by atoms with Gasteiger partial charge >= 0.3 is 0 Å². The van der Waals surface area contributed by atoms with E-state index in [1.807, 2.05) is 0 Å². The molecule has 0 saturated carbocycles. The summed E-state index contributed by atoms with van der Waals surface area (Å²) in [5, 5.41) is 15.5. The van der Waals surface area contributed by atoms with Crippen molar-refractivity contribution in [1.82, 2.24) is 0 Å². The number of hydrogen-bond donors (Lipinski definition) is 0. The summed E-state index contributed by atoms with van der Waals surface area (Å²) in [6, 6.07) is 81.5. The van der Waals surface area contributed by atoms with Gasteiger partial charge in [-0.1, -0.05) is 192 Å². The number of fused-ring (bicyclic) bond motifs is 5. The van der Waals surface area contributed by atoms with E-state index in [-0.39, 0.29) is 0 Å². The second kappa shape index (κ2) is 13.9. The van der Waals surface area contributed by atoms with E-state index in [1.165, 1.54) is 109 Å². The van der Waals surface area contributed by atoms with Crippen molar-refractivity contribution in [2.75, 3.05) is 0 Å². The van der Waals surface area contributed by atoms with E-state index in [1.54, 1.807) is 0 Å². The van der Waals surface area contributed by atoms with Crippen LogP contribution in [0.3, 0.4) is 0 Å². The topological polar surface area (TPSA) is 0 Å². The molecule has 0 aliphatic heterocycles. The molecule has 0 fully saturated rings. The van der Waals surface area contributed by atoms with Gasteiger partial charge in [-0.25, -0.2) is 0 Å². The molecule has 0 heterocycles. The van der Waals surface area contributed by atoms with Gasteiger partial charge in [-0.05, 0) is 135 Å². The predicted molar refractivity (Wildman–Crippen MR) is 250 cm³/mol. The zero-order valence-corrected chi connectivity index (χ0v) is 32.9. The monoisotopic (exact) mass is 738 g/mol. The summed E-state index contributed by atoms with van der Waals surface area (Å²) < 4.78 is 0. The molecule has 0 amide bonds. The number of rotatable bonds is 6. The summed E-state index contributed by atoms with van der Waals surface area (Å²) >= 11 is 0. The third-order valence-corrected chi connectivity index (χ3v) is 13.5. The summed E-state index contributed by atoms with van der Waals surface area (Å²) in [5.41, 5.74) is 9.92. The Bertz CT molecular complexity index is 3220. The minimum Gasteiger partial charge on any atom is -0.0633 e. The van der Waals surface area contributed by atoms with Gasteiger partial charge in [-0.15, -0.1) is 0 Å². The molecule has 0 bridgehead atoms. The van der Waals surface area contributed by atoms with Crippen molar-refractivity contribution in [1.29, 1.82) is 0 Å². The molecule has 0 aromatic heterocycles. The molecule has 0 aliphatic rings. The number of hydrogen-bond acceptors (Lipinski definition) is 0. The Morgan fingerprint density at radius 1 is 0.211 bits per heavy atom. The van der Waals surface area contributed by atoms with Crippen LogP contribution < -0.4 is 10.4 Å². The van der Waals surface area contributed by atoms with Crippen molar-refractivity contribution in [2.24, 2.45) is 0 Å². The van der Waals surface area contributed by atoms with Crippen LogP contribution in [0.5, 0.6) is 0 Å². The fraction of sp³-hybridized carbons (Fsp3) is 0. The second-order valence-corrected chi connectivity index (χ2v) is 17.3. The van der Waals surface area contributed by atoms with Gasteiger partial charge in [-0.3, -0.25) is 0 Å². The lowest BCUT2D eigenvalue weighted by atomic mass is 9.84. The molecule has 0 unspecified atom stereocenters. The van der Waals surface area contributed by atoms with E-state index in [0.29, 0.717) is 0 Å². The van der Waals surface area contributed by atoms with E-state index in [2.05, 4.69) is 218 Å². The summed E-state index contributed by atoms with van der Waals surface area (Å²) in [5.74, 6) is 0. The van der Waals surface area contributed by atoms with E-state index < -0.39 is 9.52 Å². The fourth-order valence-corrected chi connectivity index (χ4v) is 10.5. The smallest absolute Gasteiger partial charge is 0.0633 e. The van der Waals surface area contributed by atoms with Gasteiger partial charge in [-0.2, -0.15) is 0 Å². The van der Waals surface area contributed by atoms with Gasteiger partial charge in [0.2, 0.25) is 0 Å². The van der Waals surface area contributed by atoms with Gasteiger partial charge in [0.1, 0.15) is 0 Å². The van der Waals surface area contributed by atoms with Crippen molar-refractivity contribution in [2.45, 2.75) is 0 Å². The van der Waals surface area contributed by atoms with Crippen LogP contribution in [0.1, 0.15) is 0 Å². The minimum absolute atomic E-state index is 0.696. The summed E-state index contributed by atoms with van der Waals surface area (Å²) in [7, 11) is -0.696. The van der Waals surface area contributed by atoms with Crippen LogP contribution in [0.25, 0.3) is 98.4 Å². The van der Waals surface area contributed by atoms with E-state index in [4.69, 9.17) is 0 Å². The second-order valence-electron chi connectivity index (χ2n) is 15.3. The third-order valence-electron chi connectivity index (χ3n) is 11.8. The normalized spacial score (nSPS) is 11.8. The Balaban J connectivity index is 1.21. The van der Waals surface area contributed by atoms with Gasteiger partial charge in [0, 0.05) is 0 Å². The fourth-order valence-electron chi connectivity index (χ4n) is 8.98. The molecule has 57 heavy (non-hydrogen) atoms. The third kappa shape index (κ3) is 6.10. The standard InChI is InChI=1S/C56H38Si/c1-2-18-49(19-3-1)57-50-28-29-53-54(36-50)55(45-27-24-39-14-6-9-17-42(39)32-45)51-20-10-11-21-52(51)56(53)48-34-46(43-25-22-37-12-4-7-15-40(37)30-43)33-47(35-48)44-26-23-38-13-5-8-16-41(38)31-44/h1-36H,57H2. The lowest BCUT2D eigenvalue weighted by Gasteiger charge is -2.20. The average molecular weight is 739 g/mol. The summed E-state index contributed by atoms with van der Waals surface area (Å²) in [6.07, 6.45) is 0. The molecular weight excluding hydrogens is 701 g/mol. The van der Waals surface area contributed by atoms with Crippen LogP contribution >= 0.6 is 0 Å². The van der Waals surface area contributed by atoms with E-state index >= 15 is 0 Å². The first-order valence-corrected chi connectivity index (χ1v) is 21.3. The molecule has 11 aromatic carbocycles. The van der Waals surface area contributed by atoms with Crippen molar-refractivity contribution in [3.63, 3.8) is 0 Å². The highest BCUT2D eigenvalue weighted by atomic mass is 28.2. The maximum Gasteiger partial charge on any atom is 0.0875 e. The summed E-state index contributed by atoms with van der Waals surface area (Å²) in [6.45, 7) is 0. The van der Waals surface area contributed by atoms with Gasteiger partial charge in [0.15, 0.2) is 0 Å². The molecule has 0 saturated heterocycles. The molecule has 0 spiro atoms. The highest BCUT2D eigenvalue weighted by molar-refractivity contribution is 6.67. The van der Waals surface area contributed by atoms with Crippen LogP contribution in [0.2, 0.25) is 0 Å². The first kappa shape index (κ1) is 33.3.